The van der Waals surface area contributed by atoms with Gasteiger partial charge >= 0.3 is 6.09 Å². The molecule has 1 heterocycles. The van der Waals surface area contributed by atoms with Crippen molar-refractivity contribution in [3.05, 3.63) is 95.6 Å². The molecule has 0 bridgehead atoms. The van der Waals surface area contributed by atoms with Crippen LogP contribution in [0, 0.1) is 5.41 Å². The van der Waals surface area contributed by atoms with Crippen molar-refractivity contribution in [3.63, 3.8) is 0 Å². The van der Waals surface area contributed by atoms with E-state index in [1.807, 2.05) is 36.4 Å². The minimum absolute atomic E-state index is 0.102. The van der Waals surface area contributed by atoms with Crippen LogP contribution in [-0.2, 0) is 38.3 Å². The van der Waals surface area contributed by atoms with E-state index in [1.54, 1.807) is 52.3 Å². The third kappa shape index (κ3) is 9.20. The van der Waals surface area contributed by atoms with Crippen molar-refractivity contribution >= 4 is 40.4 Å². The predicted octanol–water partition coefficient (Wildman–Crippen LogP) is 1.96. The van der Waals surface area contributed by atoms with Crippen molar-refractivity contribution in [1.29, 1.82) is 5.41 Å². The molecule has 2 atom stereocenters. The fourth-order valence-corrected chi connectivity index (χ4v) is 5.68. The Hall–Kier alpha value is -4.59. The molecule has 3 amide bonds. The topological polar surface area (TPSA) is 184 Å². The molecule has 0 aliphatic carbocycles. The molecule has 232 valence electrons. The Bertz CT molecular complexity index is 1500. The summed E-state index contributed by atoms with van der Waals surface area (Å²) in [6, 6.07) is 22.0. The molecule has 1 fully saturated rings. The summed E-state index contributed by atoms with van der Waals surface area (Å²) >= 11 is 0. The second-order valence-electron chi connectivity index (χ2n) is 10.2. The molecule has 1 saturated heterocycles. The Morgan fingerprint density at radius 2 is 1.59 bits per heavy atom. The zero-order valence-electron chi connectivity index (χ0n) is 24.2. The van der Waals surface area contributed by atoms with Crippen LogP contribution in [0.2, 0.25) is 0 Å². The average molecular weight is 620 g/mol. The van der Waals surface area contributed by atoms with Crippen LogP contribution >= 0.6 is 0 Å². The van der Waals surface area contributed by atoms with Gasteiger partial charge < -0.3 is 31.3 Å². The number of hydrogen-bond acceptors (Lipinski definition) is 7. The normalized spacial score (nSPS) is 14.4. The molecule has 0 radical (unpaired) electrons. The van der Waals surface area contributed by atoms with E-state index in [1.165, 1.54) is 0 Å². The minimum atomic E-state index is -1.82. The maximum atomic E-state index is 13.8. The molecule has 3 aromatic rings. The number of carbonyl (C=O) groups is 3. The van der Waals surface area contributed by atoms with Gasteiger partial charge in [-0.25, -0.2) is 13.7 Å². The first kappa shape index (κ1) is 32.3. The Kier molecular flexibility index (Phi) is 11.6. The van der Waals surface area contributed by atoms with E-state index in [4.69, 9.17) is 21.6 Å². The van der Waals surface area contributed by atoms with Gasteiger partial charge in [0.1, 0.15) is 29.5 Å². The lowest BCUT2D eigenvalue weighted by molar-refractivity contribution is -0.134. The summed E-state index contributed by atoms with van der Waals surface area (Å²) in [6.45, 7) is 1.50. The number of ether oxygens (including phenoxy) is 1. The molecule has 44 heavy (non-hydrogen) atoms. The van der Waals surface area contributed by atoms with Crippen molar-refractivity contribution in [1.82, 2.24) is 14.5 Å². The first-order valence-corrected chi connectivity index (χ1v) is 15.3. The molecule has 3 aromatic carbocycles. The van der Waals surface area contributed by atoms with Gasteiger partial charge in [-0.05, 0) is 41.8 Å². The van der Waals surface area contributed by atoms with Gasteiger partial charge in [0, 0.05) is 50.4 Å². The molecule has 0 spiro atoms. The van der Waals surface area contributed by atoms with Crippen LogP contribution in [0.25, 0.3) is 0 Å². The number of hydrogen-bond donors (Lipinski definition) is 5. The smallest absolute Gasteiger partial charge is 0.410 e. The zero-order chi connectivity index (χ0) is 31.5. The second kappa shape index (κ2) is 15.8. The number of benzene rings is 3. The minimum Gasteiger partial charge on any atom is -0.445 e. The molecule has 12 nitrogen and oxygen atoms in total. The Labute approximate surface area is 258 Å². The molecule has 7 N–H and O–H groups in total. The third-order valence-electron chi connectivity index (χ3n) is 6.98. The number of carbonyl (C=O) groups excluding carboxylic acids is 3. The van der Waals surface area contributed by atoms with E-state index >= 15 is 0 Å². The van der Waals surface area contributed by atoms with Crippen molar-refractivity contribution in [2.45, 2.75) is 30.4 Å². The van der Waals surface area contributed by atoms with Crippen LogP contribution in [0.5, 0.6) is 0 Å². The highest BCUT2D eigenvalue weighted by molar-refractivity contribution is 7.83. The Morgan fingerprint density at radius 3 is 2.30 bits per heavy atom. The lowest BCUT2D eigenvalue weighted by Crippen LogP contribution is -2.55. The van der Waals surface area contributed by atoms with Crippen LogP contribution < -0.4 is 21.5 Å². The molecule has 0 aromatic heterocycles. The quantitative estimate of drug-likeness (QED) is 0.152. The summed E-state index contributed by atoms with van der Waals surface area (Å²) in [5, 5.41) is 10.5. The molecular formula is C31H37N7O5S. The average Bonchev–Trinajstić information content (AvgIpc) is 3.04. The van der Waals surface area contributed by atoms with Crippen molar-refractivity contribution < 1.29 is 23.3 Å². The highest BCUT2D eigenvalue weighted by atomic mass is 32.2. The SMILES string of the molecule is N=C(N)c1cccc(C[C@H](NS(=O)c2cccc(NC(=O)CCN)c2)C(=O)N2CCN(C(=O)OCc3ccccc3)CC2)c1. The van der Waals surface area contributed by atoms with E-state index in [0.29, 0.717) is 29.2 Å². The van der Waals surface area contributed by atoms with Crippen LogP contribution in [0.4, 0.5) is 10.5 Å². The second-order valence-corrected chi connectivity index (χ2v) is 11.5. The Morgan fingerprint density at radius 1 is 0.909 bits per heavy atom. The fourth-order valence-electron chi connectivity index (χ4n) is 4.66. The maximum Gasteiger partial charge on any atom is 0.410 e. The highest BCUT2D eigenvalue weighted by Crippen LogP contribution is 2.17. The van der Waals surface area contributed by atoms with E-state index in [9.17, 15) is 18.6 Å². The summed E-state index contributed by atoms with van der Waals surface area (Å²) in [5.41, 5.74) is 13.7. The van der Waals surface area contributed by atoms with Gasteiger partial charge in [0.25, 0.3) is 0 Å². The zero-order valence-corrected chi connectivity index (χ0v) is 25.1. The first-order valence-electron chi connectivity index (χ1n) is 14.2. The molecule has 0 saturated carbocycles. The molecule has 4 rings (SSSR count). The third-order valence-corrected chi connectivity index (χ3v) is 8.16. The monoisotopic (exact) mass is 619 g/mol. The summed E-state index contributed by atoms with van der Waals surface area (Å²) in [7, 11) is -1.82. The fraction of sp³-hybridized carbons (Fsp3) is 0.290. The van der Waals surface area contributed by atoms with E-state index < -0.39 is 23.1 Å². The van der Waals surface area contributed by atoms with Gasteiger partial charge in [0.15, 0.2) is 0 Å². The van der Waals surface area contributed by atoms with Gasteiger partial charge in [-0.3, -0.25) is 15.0 Å². The number of rotatable bonds is 12. The predicted molar refractivity (Wildman–Crippen MR) is 168 cm³/mol. The van der Waals surface area contributed by atoms with E-state index in [-0.39, 0.29) is 56.7 Å². The highest BCUT2D eigenvalue weighted by Gasteiger charge is 2.31. The Balaban J connectivity index is 1.44. The van der Waals surface area contributed by atoms with Crippen LogP contribution in [-0.4, -0.2) is 76.5 Å². The summed E-state index contributed by atoms with van der Waals surface area (Å²) in [6.07, 6.45) is -0.117. The summed E-state index contributed by atoms with van der Waals surface area (Å²) in [4.78, 5) is 42.0. The number of nitrogen functional groups attached to an aromatic ring is 1. The van der Waals surface area contributed by atoms with E-state index in [0.717, 1.165) is 11.1 Å². The van der Waals surface area contributed by atoms with Gasteiger partial charge in [-0.2, -0.15) is 0 Å². The van der Waals surface area contributed by atoms with Gasteiger partial charge in [0.05, 0.1) is 4.90 Å². The molecule has 1 unspecified atom stereocenters. The van der Waals surface area contributed by atoms with Crippen molar-refractivity contribution in [2.24, 2.45) is 11.5 Å². The lowest BCUT2D eigenvalue weighted by atomic mass is 10.0. The van der Waals surface area contributed by atoms with Crippen LogP contribution in [0.15, 0.2) is 83.8 Å². The summed E-state index contributed by atoms with van der Waals surface area (Å²) < 4.78 is 21.9. The van der Waals surface area contributed by atoms with Gasteiger partial charge in [-0.15, -0.1) is 0 Å². The summed E-state index contributed by atoms with van der Waals surface area (Å²) in [5.74, 6) is -0.642. The van der Waals surface area contributed by atoms with Gasteiger partial charge in [-0.1, -0.05) is 54.6 Å². The number of nitrogens with zero attached hydrogens (tertiary/aromatic N) is 2. The van der Waals surface area contributed by atoms with Crippen LogP contribution in [0.1, 0.15) is 23.1 Å². The molecule has 13 heteroatoms. The number of anilines is 1. The van der Waals surface area contributed by atoms with Gasteiger partial charge in [0.2, 0.25) is 11.8 Å². The number of nitrogens with two attached hydrogens (primary N) is 2. The number of amides is 3. The molecule has 1 aliphatic heterocycles. The number of nitrogens with one attached hydrogen (secondary N) is 3. The van der Waals surface area contributed by atoms with E-state index in [2.05, 4.69) is 10.0 Å². The van der Waals surface area contributed by atoms with Crippen LogP contribution in [0.3, 0.4) is 0 Å². The largest absolute Gasteiger partial charge is 0.445 e. The molecule has 1 aliphatic rings. The number of piperazine rings is 1. The van der Waals surface area contributed by atoms with Crippen molar-refractivity contribution in [2.75, 3.05) is 38.0 Å². The standard InChI is InChI=1S/C31H37N7O5S/c32-13-12-28(39)35-25-10-5-11-26(20-25)44(42)36-27(19-23-8-4-9-24(18-23)29(33)34)30(40)37-14-16-38(17-15-37)31(41)43-21-22-6-2-1-3-7-22/h1-11,18,20,27,36H,12-17,19,21,32H2,(H3,33,34)(H,35,39)/t27-,44?/m0/s1. The lowest BCUT2D eigenvalue weighted by Gasteiger charge is -2.36. The first-order chi connectivity index (χ1) is 21.2. The maximum absolute atomic E-state index is 13.8. The van der Waals surface area contributed by atoms with Crippen molar-refractivity contribution in [3.8, 4) is 0 Å². The number of amidine groups is 1. The molecular weight excluding hydrogens is 582 g/mol.